The SMILES string of the molecule is CC(C)Oc1ccc(-c2ccc(C(=O)NS(=O)(=O)c3cccc(N)n3)c(N3CCC(C(C)(C)C)C3)n2)cn1.[HH]. The summed E-state index contributed by atoms with van der Waals surface area (Å²) in [6.45, 7) is 11.8. The first kappa shape index (κ1) is 27.3. The van der Waals surface area contributed by atoms with Crippen molar-refractivity contribution in [1.82, 2.24) is 19.7 Å². The van der Waals surface area contributed by atoms with Gasteiger partial charge in [-0.2, -0.15) is 8.42 Å². The van der Waals surface area contributed by atoms with Gasteiger partial charge in [-0.15, -0.1) is 0 Å². The Bertz CT molecular complexity index is 1420. The summed E-state index contributed by atoms with van der Waals surface area (Å²) in [5.41, 5.74) is 7.23. The summed E-state index contributed by atoms with van der Waals surface area (Å²) in [7, 11) is -4.24. The predicted molar refractivity (Wildman–Crippen MR) is 148 cm³/mol. The monoisotopic (exact) mass is 540 g/mol. The van der Waals surface area contributed by atoms with Crippen LogP contribution in [0, 0.1) is 11.3 Å². The van der Waals surface area contributed by atoms with E-state index >= 15 is 0 Å². The number of anilines is 2. The molecule has 4 rings (SSSR count). The Morgan fingerprint density at radius 2 is 1.92 bits per heavy atom. The predicted octanol–water partition coefficient (Wildman–Crippen LogP) is 4.15. The quantitative estimate of drug-likeness (QED) is 0.452. The van der Waals surface area contributed by atoms with E-state index in [1.807, 2.05) is 24.8 Å². The van der Waals surface area contributed by atoms with E-state index in [-0.39, 0.29) is 29.4 Å². The van der Waals surface area contributed by atoms with Gasteiger partial charge in [-0.25, -0.2) is 19.7 Å². The maximum absolute atomic E-state index is 13.3. The van der Waals surface area contributed by atoms with Crippen LogP contribution in [-0.2, 0) is 10.0 Å². The summed E-state index contributed by atoms with van der Waals surface area (Å²) in [4.78, 5) is 28.4. The van der Waals surface area contributed by atoms with Crippen molar-refractivity contribution in [2.75, 3.05) is 23.7 Å². The highest BCUT2D eigenvalue weighted by Gasteiger charge is 2.34. The van der Waals surface area contributed by atoms with Gasteiger partial charge < -0.3 is 15.4 Å². The number of amides is 1. The lowest BCUT2D eigenvalue weighted by Crippen LogP contribution is -2.34. The van der Waals surface area contributed by atoms with Gasteiger partial charge in [0.1, 0.15) is 11.6 Å². The number of nitrogens with one attached hydrogen (secondary N) is 1. The number of rotatable bonds is 7. The van der Waals surface area contributed by atoms with Gasteiger partial charge in [0.05, 0.1) is 17.4 Å². The van der Waals surface area contributed by atoms with E-state index in [2.05, 4.69) is 35.5 Å². The number of nitrogens with zero attached hydrogens (tertiary/aromatic N) is 4. The standard InChI is InChI=1S/C27H34N6O4S.H2/c1-17(2)37-23-12-9-18(15-29-23)21-11-10-20(25(30-21)33-14-13-19(16-33)27(3,4)5)26(34)32-38(35,36)24-8-6-7-22(28)31-24;/h6-12,15,17,19H,13-14,16H2,1-5H3,(H2,28,31)(H,32,34);1H. The van der Waals surface area contributed by atoms with Crippen LogP contribution in [0.4, 0.5) is 11.6 Å². The van der Waals surface area contributed by atoms with Gasteiger partial charge in [0.2, 0.25) is 5.88 Å². The molecular formula is C27H36N6O4S. The number of aromatic nitrogens is 3. The van der Waals surface area contributed by atoms with E-state index in [4.69, 9.17) is 15.5 Å². The van der Waals surface area contributed by atoms with E-state index in [1.54, 1.807) is 24.4 Å². The molecule has 4 heterocycles. The van der Waals surface area contributed by atoms with Gasteiger partial charge in [0.15, 0.2) is 5.03 Å². The highest BCUT2D eigenvalue weighted by Crippen LogP contribution is 2.37. The highest BCUT2D eigenvalue weighted by atomic mass is 32.2. The Labute approximate surface area is 225 Å². The second kappa shape index (κ2) is 10.6. The summed E-state index contributed by atoms with van der Waals surface area (Å²) < 4.78 is 33.5. The van der Waals surface area contributed by atoms with E-state index in [0.717, 1.165) is 12.0 Å². The summed E-state index contributed by atoms with van der Waals surface area (Å²) in [6, 6.07) is 11.1. The molecule has 1 saturated heterocycles. The molecule has 204 valence electrons. The Kier molecular flexibility index (Phi) is 7.59. The molecule has 1 atom stereocenters. The minimum Gasteiger partial charge on any atom is -0.475 e. The zero-order chi connectivity index (χ0) is 27.7. The van der Waals surface area contributed by atoms with Gasteiger partial charge in [-0.1, -0.05) is 26.8 Å². The van der Waals surface area contributed by atoms with Crippen molar-refractivity contribution >= 4 is 27.6 Å². The third kappa shape index (κ3) is 6.21. The zero-order valence-corrected chi connectivity index (χ0v) is 23.1. The van der Waals surface area contributed by atoms with Crippen molar-refractivity contribution in [1.29, 1.82) is 0 Å². The lowest BCUT2D eigenvalue weighted by atomic mass is 9.80. The van der Waals surface area contributed by atoms with Crippen LogP contribution in [0.3, 0.4) is 0 Å². The molecular weight excluding hydrogens is 504 g/mol. The number of pyridine rings is 3. The van der Waals surface area contributed by atoms with Crippen LogP contribution >= 0.6 is 0 Å². The highest BCUT2D eigenvalue weighted by molar-refractivity contribution is 7.90. The van der Waals surface area contributed by atoms with Crippen molar-refractivity contribution in [3.8, 4) is 17.1 Å². The number of hydrogen-bond acceptors (Lipinski definition) is 9. The molecule has 11 heteroatoms. The fourth-order valence-electron chi connectivity index (χ4n) is 4.34. The second-order valence-electron chi connectivity index (χ2n) is 10.8. The second-order valence-corrected chi connectivity index (χ2v) is 12.4. The number of carbonyl (C=O) groups excluding carboxylic acids is 1. The van der Waals surface area contributed by atoms with Gasteiger partial charge in [0, 0.05) is 32.3 Å². The molecule has 0 aromatic carbocycles. The fraction of sp³-hybridized carbons (Fsp3) is 0.407. The molecule has 0 spiro atoms. The minimum absolute atomic E-state index is 0. The molecule has 1 aliphatic heterocycles. The minimum atomic E-state index is -4.24. The van der Waals surface area contributed by atoms with Crippen LogP contribution in [0.25, 0.3) is 11.3 Å². The Morgan fingerprint density at radius 1 is 1.16 bits per heavy atom. The average Bonchev–Trinajstić information content (AvgIpc) is 3.35. The third-order valence-electron chi connectivity index (χ3n) is 6.47. The van der Waals surface area contributed by atoms with E-state index in [9.17, 15) is 13.2 Å². The van der Waals surface area contributed by atoms with Crippen LogP contribution in [0.15, 0.2) is 53.7 Å². The molecule has 3 N–H and O–H groups in total. The molecule has 38 heavy (non-hydrogen) atoms. The van der Waals surface area contributed by atoms with Gasteiger partial charge in [-0.3, -0.25) is 4.79 Å². The van der Waals surface area contributed by atoms with Crippen LogP contribution < -0.4 is 20.1 Å². The summed E-state index contributed by atoms with van der Waals surface area (Å²) in [6.07, 6.45) is 2.60. The molecule has 3 aromatic rings. The summed E-state index contributed by atoms with van der Waals surface area (Å²) in [5, 5.41) is -0.333. The maximum Gasteiger partial charge on any atom is 0.281 e. The van der Waals surface area contributed by atoms with Crippen molar-refractivity contribution in [2.45, 2.75) is 52.2 Å². The fourth-order valence-corrected chi connectivity index (χ4v) is 5.28. The normalized spacial score (nSPS) is 16.1. The van der Waals surface area contributed by atoms with Crippen molar-refractivity contribution < 1.29 is 19.4 Å². The van der Waals surface area contributed by atoms with Crippen LogP contribution in [-0.4, -0.2) is 48.5 Å². The van der Waals surface area contributed by atoms with Gasteiger partial charge >= 0.3 is 0 Å². The molecule has 1 amide bonds. The largest absolute Gasteiger partial charge is 0.475 e. The lowest BCUT2D eigenvalue weighted by Gasteiger charge is -2.28. The average molecular weight is 541 g/mol. The van der Waals surface area contributed by atoms with Crippen LogP contribution in [0.5, 0.6) is 5.88 Å². The molecule has 10 nitrogen and oxygen atoms in total. The molecule has 1 unspecified atom stereocenters. The molecule has 0 bridgehead atoms. The Hall–Kier alpha value is -3.73. The van der Waals surface area contributed by atoms with Crippen molar-refractivity contribution in [3.05, 3.63) is 54.2 Å². The summed E-state index contributed by atoms with van der Waals surface area (Å²) >= 11 is 0. The third-order valence-corrected chi connectivity index (χ3v) is 7.70. The molecule has 0 aliphatic carbocycles. The topological polar surface area (TPSA) is 140 Å². The number of ether oxygens (including phenoxy) is 1. The lowest BCUT2D eigenvalue weighted by molar-refractivity contribution is 0.0981. The number of carbonyl (C=O) groups is 1. The number of nitrogen functional groups attached to an aromatic ring is 1. The van der Waals surface area contributed by atoms with Gasteiger partial charge in [0.25, 0.3) is 15.9 Å². The number of hydrogen-bond donors (Lipinski definition) is 2. The van der Waals surface area contributed by atoms with Crippen LogP contribution in [0.2, 0.25) is 0 Å². The molecule has 1 fully saturated rings. The van der Waals surface area contributed by atoms with Crippen LogP contribution in [0.1, 0.15) is 52.8 Å². The Balaban J connectivity index is 0.00000420. The molecule has 3 aromatic heterocycles. The number of sulfonamides is 1. The first-order valence-electron chi connectivity index (χ1n) is 12.5. The maximum atomic E-state index is 13.3. The first-order chi connectivity index (χ1) is 17.8. The smallest absolute Gasteiger partial charge is 0.281 e. The molecule has 1 aliphatic rings. The molecule has 0 radical (unpaired) electrons. The Morgan fingerprint density at radius 3 is 2.53 bits per heavy atom. The van der Waals surface area contributed by atoms with E-state index in [1.165, 1.54) is 18.2 Å². The summed E-state index contributed by atoms with van der Waals surface area (Å²) in [5.74, 6) is 0.563. The van der Waals surface area contributed by atoms with Gasteiger partial charge in [-0.05, 0) is 61.9 Å². The van der Waals surface area contributed by atoms with E-state index < -0.39 is 15.9 Å². The number of nitrogens with two attached hydrogens (primary N) is 1. The van der Waals surface area contributed by atoms with Crippen molar-refractivity contribution in [2.24, 2.45) is 11.3 Å². The van der Waals surface area contributed by atoms with E-state index in [0.29, 0.717) is 36.4 Å². The molecule has 0 saturated carbocycles. The zero-order valence-electron chi connectivity index (χ0n) is 22.3. The van der Waals surface area contributed by atoms with Crippen molar-refractivity contribution in [3.63, 3.8) is 0 Å². The first-order valence-corrected chi connectivity index (χ1v) is 14.0.